The highest BCUT2D eigenvalue weighted by molar-refractivity contribution is 5.76. The number of rotatable bonds is 13. The molecule has 0 aliphatic carbocycles. The van der Waals surface area contributed by atoms with Crippen LogP contribution < -0.4 is 10.6 Å². The van der Waals surface area contributed by atoms with Crippen LogP contribution in [-0.4, -0.2) is 93.3 Å². The van der Waals surface area contributed by atoms with E-state index in [1.54, 1.807) is 21.1 Å². The number of hydrogen-bond donors (Lipinski definition) is 4. The summed E-state index contributed by atoms with van der Waals surface area (Å²) in [5.74, 6) is -0.697. The quantitative estimate of drug-likeness (QED) is 0.284. The van der Waals surface area contributed by atoms with Crippen molar-refractivity contribution in [2.24, 2.45) is 5.92 Å². The van der Waals surface area contributed by atoms with Gasteiger partial charge in [0.25, 0.3) is 0 Å². The minimum Gasteiger partial charge on any atom is -0.394 e. The Morgan fingerprint density at radius 1 is 1.17 bits per heavy atom. The van der Waals surface area contributed by atoms with E-state index in [0.717, 1.165) is 0 Å². The number of nitrogens with one attached hydrogen (secondary N) is 2. The second-order valence-electron chi connectivity index (χ2n) is 7.30. The summed E-state index contributed by atoms with van der Waals surface area (Å²) in [7, 11) is 3.13. The molecule has 2 amide bonds. The number of carbonyl (C=O) groups excluding carboxylic acids is 2. The molecule has 29 heavy (non-hydrogen) atoms. The first-order valence-corrected chi connectivity index (χ1v) is 9.94. The van der Waals surface area contributed by atoms with Crippen molar-refractivity contribution in [2.75, 3.05) is 40.6 Å². The number of hydrogen-bond acceptors (Lipinski definition) is 8. The Bertz CT molecular complexity index is 487. The van der Waals surface area contributed by atoms with E-state index < -0.39 is 24.5 Å². The molecule has 0 aromatic carbocycles. The van der Waals surface area contributed by atoms with Crippen LogP contribution in [0.3, 0.4) is 0 Å². The monoisotopic (exact) mass is 420 g/mol. The van der Waals surface area contributed by atoms with Gasteiger partial charge in [0.15, 0.2) is 6.29 Å². The van der Waals surface area contributed by atoms with Crippen LogP contribution in [0, 0.1) is 5.92 Å². The number of amides is 2. The number of methoxy groups -OCH3 is 2. The average molecular weight is 421 g/mol. The Kier molecular flexibility index (Phi) is 12.3. The second-order valence-corrected chi connectivity index (χ2v) is 7.30. The molecule has 1 aliphatic heterocycles. The Balaban J connectivity index is 2.41. The summed E-state index contributed by atoms with van der Waals surface area (Å²) in [5, 5.41) is 25.2. The molecule has 1 fully saturated rings. The Morgan fingerprint density at radius 2 is 1.83 bits per heavy atom. The van der Waals surface area contributed by atoms with Gasteiger partial charge in [0.1, 0.15) is 6.10 Å². The Morgan fingerprint density at radius 3 is 2.38 bits per heavy atom. The van der Waals surface area contributed by atoms with Crippen LogP contribution in [0.5, 0.6) is 0 Å². The van der Waals surface area contributed by atoms with E-state index in [-0.39, 0.29) is 30.4 Å². The predicted molar refractivity (Wildman–Crippen MR) is 104 cm³/mol. The predicted octanol–water partition coefficient (Wildman–Crippen LogP) is -0.830. The summed E-state index contributed by atoms with van der Waals surface area (Å²) in [4.78, 5) is 23.5. The molecule has 1 aliphatic rings. The van der Waals surface area contributed by atoms with E-state index in [1.165, 1.54) is 6.92 Å². The van der Waals surface area contributed by atoms with Gasteiger partial charge in [-0.05, 0) is 12.8 Å². The molecule has 5 atom stereocenters. The number of unbranched alkanes of at least 4 members (excludes halogenated alkanes) is 1. The Labute approximate surface area is 172 Å². The normalized spacial score (nSPS) is 27.1. The summed E-state index contributed by atoms with van der Waals surface area (Å²) >= 11 is 0. The summed E-state index contributed by atoms with van der Waals surface area (Å²) in [6, 6.07) is -0.719. The zero-order valence-electron chi connectivity index (χ0n) is 17.8. The van der Waals surface area contributed by atoms with Gasteiger partial charge < -0.3 is 39.8 Å². The molecule has 4 N–H and O–H groups in total. The summed E-state index contributed by atoms with van der Waals surface area (Å²) in [5.41, 5.74) is 0. The minimum atomic E-state index is -0.910. The molecule has 1 saturated heterocycles. The summed E-state index contributed by atoms with van der Waals surface area (Å²) in [6.07, 6.45) is -0.909. The van der Waals surface area contributed by atoms with Gasteiger partial charge in [-0.3, -0.25) is 9.59 Å². The largest absolute Gasteiger partial charge is 0.394 e. The van der Waals surface area contributed by atoms with Gasteiger partial charge in [-0.15, -0.1) is 0 Å². The van der Waals surface area contributed by atoms with Crippen molar-refractivity contribution in [2.45, 2.75) is 63.7 Å². The van der Waals surface area contributed by atoms with Crippen molar-refractivity contribution >= 4 is 11.8 Å². The van der Waals surface area contributed by atoms with Crippen molar-refractivity contribution < 1.29 is 38.7 Å². The molecule has 1 heterocycles. The maximum absolute atomic E-state index is 12.0. The Hall–Kier alpha value is -1.30. The molecule has 10 nitrogen and oxygen atoms in total. The maximum Gasteiger partial charge on any atom is 0.220 e. The van der Waals surface area contributed by atoms with E-state index in [1.807, 2.05) is 0 Å². The average Bonchev–Trinajstić information content (AvgIpc) is 2.66. The highest BCUT2D eigenvalue weighted by atomic mass is 16.7. The van der Waals surface area contributed by atoms with Gasteiger partial charge in [0.05, 0.1) is 38.0 Å². The van der Waals surface area contributed by atoms with Crippen molar-refractivity contribution in [3.63, 3.8) is 0 Å². The first kappa shape index (κ1) is 25.7. The molecular weight excluding hydrogens is 384 g/mol. The molecule has 0 spiro atoms. The van der Waals surface area contributed by atoms with E-state index in [9.17, 15) is 19.8 Å². The van der Waals surface area contributed by atoms with E-state index in [4.69, 9.17) is 18.9 Å². The molecule has 0 aromatic rings. The number of aliphatic hydroxyl groups excluding tert-OH is 2. The van der Waals surface area contributed by atoms with E-state index in [2.05, 4.69) is 10.6 Å². The van der Waals surface area contributed by atoms with E-state index in [0.29, 0.717) is 39.1 Å². The summed E-state index contributed by atoms with van der Waals surface area (Å²) < 4.78 is 21.5. The molecule has 170 valence electrons. The van der Waals surface area contributed by atoms with Crippen LogP contribution in [0.2, 0.25) is 0 Å². The van der Waals surface area contributed by atoms with Crippen molar-refractivity contribution in [3.05, 3.63) is 0 Å². The fraction of sp³-hybridized carbons (Fsp3) is 0.895. The maximum atomic E-state index is 12.0. The summed E-state index contributed by atoms with van der Waals surface area (Å²) in [6.45, 7) is 3.88. The minimum absolute atomic E-state index is 0.0915. The third kappa shape index (κ3) is 8.93. The first-order chi connectivity index (χ1) is 13.8. The number of ether oxygens (including phenoxy) is 4. The first-order valence-electron chi connectivity index (χ1n) is 9.94. The van der Waals surface area contributed by atoms with Crippen LogP contribution in [0.15, 0.2) is 0 Å². The molecule has 1 rings (SSSR count). The lowest BCUT2D eigenvalue weighted by molar-refractivity contribution is -0.257. The lowest BCUT2D eigenvalue weighted by Gasteiger charge is -2.43. The van der Waals surface area contributed by atoms with E-state index >= 15 is 0 Å². The third-order valence-electron chi connectivity index (χ3n) is 4.82. The molecule has 2 unspecified atom stereocenters. The fourth-order valence-electron chi connectivity index (χ4n) is 3.29. The smallest absolute Gasteiger partial charge is 0.220 e. The van der Waals surface area contributed by atoms with Gasteiger partial charge >= 0.3 is 0 Å². The van der Waals surface area contributed by atoms with Crippen LogP contribution in [0.1, 0.15) is 33.1 Å². The SMILES string of the molecule is COCC(COC)NC(=O)CCCCO[C@@H]1OC(CO)[C@H](O)[C@H](C)C1NC(C)=O. The lowest BCUT2D eigenvalue weighted by Crippen LogP contribution is -2.60. The lowest BCUT2D eigenvalue weighted by atomic mass is 9.89. The molecule has 0 aromatic heterocycles. The highest BCUT2D eigenvalue weighted by Crippen LogP contribution is 2.26. The van der Waals surface area contributed by atoms with Crippen molar-refractivity contribution in [1.82, 2.24) is 10.6 Å². The zero-order valence-corrected chi connectivity index (χ0v) is 17.8. The second kappa shape index (κ2) is 13.8. The van der Waals surface area contributed by atoms with Gasteiger partial charge in [-0.1, -0.05) is 6.92 Å². The van der Waals surface area contributed by atoms with Crippen LogP contribution in [0.4, 0.5) is 0 Å². The fourth-order valence-corrected chi connectivity index (χ4v) is 3.29. The van der Waals surface area contributed by atoms with Crippen molar-refractivity contribution in [3.8, 4) is 0 Å². The topological polar surface area (TPSA) is 136 Å². The zero-order chi connectivity index (χ0) is 21.8. The standard InChI is InChI=1S/C19H36N2O8/c1-12-17(20-13(2)23)19(29-15(9-22)18(12)25)28-8-6-5-7-16(24)21-14(10-26-3)11-27-4/h12,14-15,17-19,22,25H,5-11H2,1-4H3,(H,20,23)(H,21,24)/t12-,15?,17?,18-,19-/m1/s1. The van der Waals surface area contributed by atoms with Crippen LogP contribution in [0.25, 0.3) is 0 Å². The van der Waals surface area contributed by atoms with Gasteiger partial charge in [-0.25, -0.2) is 0 Å². The highest BCUT2D eigenvalue weighted by Gasteiger charge is 2.43. The number of aliphatic hydroxyl groups is 2. The molecule has 10 heteroatoms. The third-order valence-corrected chi connectivity index (χ3v) is 4.82. The van der Waals surface area contributed by atoms with Crippen LogP contribution >= 0.6 is 0 Å². The molecule has 0 bridgehead atoms. The van der Waals surface area contributed by atoms with Gasteiger partial charge in [0, 0.05) is 40.1 Å². The van der Waals surface area contributed by atoms with Gasteiger partial charge in [-0.2, -0.15) is 0 Å². The molecule has 0 radical (unpaired) electrons. The molecule has 0 saturated carbocycles. The van der Waals surface area contributed by atoms with Gasteiger partial charge in [0.2, 0.25) is 11.8 Å². The van der Waals surface area contributed by atoms with Crippen LogP contribution in [-0.2, 0) is 28.5 Å². The van der Waals surface area contributed by atoms with Crippen molar-refractivity contribution in [1.29, 1.82) is 0 Å². The molecular formula is C19H36N2O8. The number of carbonyl (C=O) groups is 2.